The molecule has 1 unspecified atom stereocenters. The number of ether oxygens (including phenoxy) is 2. The van der Waals surface area contributed by atoms with Crippen molar-refractivity contribution < 1.29 is 9.47 Å². The van der Waals surface area contributed by atoms with Crippen molar-refractivity contribution >= 4 is 0 Å². The molecule has 7 heteroatoms. The smallest absolute Gasteiger partial charge is 0.213 e. The molecule has 2 aromatic carbocycles. The Morgan fingerprint density at radius 2 is 1.74 bits per heavy atom. The first-order valence-electron chi connectivity index (χ1n) is 11.3. The molecule has 4 aromatic rings. The number of aromatic nitrogens is 3. The Bertz CT molecular complexity index is 1360. The molecule has 7 nitrogen and oxygen atoms in total. The maximum Gasteiger partial charge on any atom is 0.213 e. The summed E-state index contributed by atoms with van der Waals surface area (Å²) in [6.07, 6.45) is 5.79. The molecule has 0 fully saturated rings. The Balaban J connectivity index is 1.64. The van der Waals surface area contributed by atoms with Crippen LogP contribution in [0.2, 0.25) is 0 Å². The quantitative estimate of drug-likeness (QED) is 0.333. The SMILES string of the molecule is CCCOc1ccc(-c2cc(C#N)ccc2COC(c2ccc(C#N)cc2)c2cncn2C)cn1. The maximum atomic E-state index is 9.46. The summed E-state index contributed by atoms with van der Waals surface area (Å²) in [5.41, 5.74) is 5.64. The molecule has 0 N–H and O–H groups in total. The van der Waals surface area contributed by atoms with Gasteiger partial charge in [0.1, 0.15) is 6.10 Å². The van der Waals surface area contributed by atoms with Crippen molar-refractivity contribution in [3.63, 3.8) is 0 Å². The van der Waals surface area contributed by atoms with E-state index in [0.29, 0.717) is 30.2 Å². The average Bonchev–Trinajstić information content (AvgIpc) is 3.33. The van der Waals surface area contributed by atoms with Crippen molar-refractivity contribution in [3.05, 3.63) is 101 Å². The van der Waals surface area contributed by atoms with Crippen LogP contribution in [0.4, 0.5) is 0 Å². The molecular weight excluding hydrogens is 438 g/mol. The minimum absolute atomic E-state index is 0.297. The molecule has 0 amide bonds. The first kappa shape index (κ1) is 23.7. The number of benzene rings is 2. The molecule has 0 saturated carbocycles. The zero-order chi connectivity index (χ0) is 24.6. The van der Waals surface area contributed by atoms with Crippen molar-refractivity contribution in [1.29, 1.82) is 10.5 Å². The van der Waals surface area contributed by atoms with E-state index in [0.717, 1.165) is 34.4 Å². The Morgan fingerprint density at radius 3 is 2.37 bits per heavy atom. The van der Waals surface area contributed by atoms with Crippen molar-refractivity contribution in [2.24, 2.45) is 7.05 Å². The van der Waals surface area contributed by atoms with Gasteiger partial charge in [0.25, 0.3) is 0 Å². The van der Waals surface area contributed by atoms with Crippen LogP contribution in [0.1, 0.15) is 47.4 Å². The fourth-order valence-corrected chi connectivity index (χ4v) is 3.75. The Labute approximate surface area is 204 Å². The highest BCUT2D eigenvalue weighted by Crippen LogP contribution is 2.31. The monoisotopic (exact) mass is 463 g/mol. The fourth-order valence-electron chi connectivity index (χ4n) is 3.75. The fraction of sp³-hybridized carbons (Fsp3) is 0.214. The average molecular weight is 464 g/mol. The number of pyridine rings is 1. The van der Waals surface area contributed by atoms with Gasteiger partial charge in [0.05, 0.1) is 54.7 Å². The second-order valence-corrected chi connectivity index (χ2v) is 8.07. The summed E-state index contributed by atoms with van der Waals surface area (Å²) in [6, 6.07) is 21.0. The van der Waals surface area contributed by atoms with Crippen LogP contribution in [0, 0.1) is 22.7 Å². The molecule has 174 valence electrons. The van der Waals surface area contributed by atoms with E-state index < -0.39 is 0 Å². The summed E-state index contributed by atoms with van der Waals surface area (Å²) in [4.78, 5) is 8.67. The molecule has 0 aliphatic rings. The summed E-state index contributed by atoms with van der Waals surface area (Å²) in [6.45, 7) is 2.95. The molecule has 0 spiro atoms. The third kappa shape index (κ3) is 5.55. The summed E-state index contributed by atoms with van der Waals surface area (Å²) in [5, 5.41) is 18.6. The van der Waals surface area contributed by atoms with Crippen molar-refractivity contribution in [1.82, 2.24) is 14.5 Å². The van der Waals surface area contributed by atoms with Gasteiger partial charge >= 0.3 is 0 Å². The van der Waals surface area contributed by atoms with Crippen LogP contribution >= 0.6 is 0 Å². The van der Waals surface area contributed by atoms with Gasteiger partial charge in [0.15, 0.2) is 0 Å². The van der Waals surface area contributed by atoms with Crippen LogP contribution in [-0.4, -0.2) is 21.1 Å². The predicted octanol–water partition coefficient (Wildman–Crippen LogP) is 5.32. The standard InChI is InChI=1S/C28H25N5O2/c1-3-12-34-27-11-10-23(16-32-27)25-13-21(15-30)6-9-24(25)18-35-28(26-17-31-19-33(26)2)22-7-4-20(14-29)5-8-22/h4-11,13,16-17,19,28H,3,12,18H2,1-2H3. The molecule has 1 atom stereocenters. The summed E-state index contributed by atoms with van der Waals surface area (Å²) >= 11 is 0. The molecule has 2 heterocycles. The van der Waals surface area contributed by atoms with Gasteiger partial charge in [0.2, 0.25) is 5.88 Å². The van der Waals surface area contributed by atoms with Crippen molar-refractivity contribution in [2.75, 3.05) is 6.61 Å². The number of imidazole rings is 1. The number of nitrogens with zero attached hydrogens (tertiary/aromatic N) is 5. The number of hydrogen-bond donors (Lipinski definition) is 0. The number of hydrogen-bond acceptors (Lipinski definition) is 6. The van der Waals surface area contributed by atoms with Crippen LogP contribution in [0.5, 0.6) is 5.88 Å². The highest BCUT2D eigenvalue weighted by Gasteiger charge is 2.19. The zero-order valence-electron chi connectivity index (χ0n) is 19.7. The zero-order valence-corrected chi connectivity index (χ0v) is 19.7. The second kappa shape index (κ2) is 11.1. The molecule has 35 heavy (non-hydrogen) atoms. The Hall–Kier alpha value is -4.46. The molecular formula is C28H25N5O2. The molecule has 0 aliphatic heterocycles. The highest BCUT2D eigenvalue weighted by atomic mass is 16.5. The molecule has 0 radical (unpaired) electrons. The largest absolute Gasteiger partial charge is 0.478 e. The van der Waals surface area contributed by atoms with Crippen LogP contribution in [0.15, 0.2) is 73.3 Å². The third-order valence-corrected chi connectivity index (χ3v) is 5.61. The van der Waals surface area contributed by atoms with Gasteiger partial charge in [-0.25, -0.2) is 9.97 Å². The van der Waals surface area contributed by atoms with Crippen LogP contribution in [0.3, 0.4) is 0 Å². The molecule has 0 aliphatic carbocycles. The van der Waals surface area contributed by atoms with Crippen molar-refractivity contribution in [2.45, 2.75) is 26.1 Å². The first-order valence-corrected chi connectivity index (χ1v) is 11.3. The second-order valence-electron chi connectivity index (χ2n) is 8.07. The molecule has 2 aromatic heterocycles. The molecule has 0 bridgehead atoms. The third-order valence-electron chi connectivity index (χ3n) is 5.61. The van der Waals surface area contributed by atoms with Gasteiger partial charge in [0, 0.05) is 24.9 Å². The van der Waals surface area contributed by atoms with E-state index >= 15 is 0 Å². The lowest BCUT2D eigenvalue weighted by Gasteiger charge is -2.20. The van der Waals surface area contributed by atoms with E-state index in [1.165, 1.54) is 0 Å². The summed E-state index contributed by atoms with van der Waals surface area (Å²) in [5.74, 6) is 0.571. The number of nitriles is 2. The van der Waals surface area contributed by atoms with Crippen LogP contribution < -0.4 is 4.74 Å². The van der Waals surface area contributed by atoms with Gasteiger partial charge in [-0.15, -0.1) is 0 Å². The number of rotatable bonds is 9. The highest BCUT2D eigenvalue weighted by molar-refractivity contribution is 5.68. The Morgan fingerprint density at radius 1 is 0.971 bits per heavy atom. The first-order chi connectivity index (χ1) is 17.1. The predicted molar refractivity (Wildman–Crippen MR) is 131 cm³/mol. The van der Waals surface area contributed by atoms with Crippen LogP contribution in [-0.2, 0) is 18.4 Å². The minimum atomic E-state index is -0.387. The van der Waals surface area contributed by atoms with Gasteiger partial charge in [-0.2, -0.15) is 10.5 Å². The summed E-state index contributed by atoms with van der Waals surface area (Å²) in [7, 11) is 1.92. The van der Waals surface area contributed by atoms with E-state index in [-0.39, 0.29) is 6.10 Å². The van der Waals surface area contributed by atoms with Crippen LogP contribution in [0.25, 0.3) is 11.1 Å². The van der Waals surface area contributed by atoms with Gasteiger partial charge in [-0.05, 0) is 53.4 Å². The van der Waals surface area contributed by atoms with E-state index in [9.17, 15) is 5.26 Å². The van der Waals surface area contributed by atoms with E-state index in [1.807, 2.05) is 54.9 Å². The van der Waals surface area contributed by atoms with E-state index in [1.54, 1.807) is 36.9 Å². The minimum Gasteiger partial charge on any atom is -0.478 e. The van der Waals surface area contributed by atoms with Gasteiger partial charge < -0.3 is 14.0 Å². The molecule has 4 rings (SSSR count). The molecule has 0 saturated heterocycles. The lowest BCUT2D eigenvalue weighted by atomic mass is 9.99. The maximum absolute atomic E-state index is 9.46. The van der Waals surface area contributed by atoms with Crippen molar-refractivity contribution in [3.8, 4) is 29.1 Å². The van der Waals surface area contributed by atoms with Gasteiger partial charge in [-0.3, -0.25) is 0 Å². The summed E-state index contributed by atoms with van der Waals surface area (Å²) < 4.78 is 14.0. The topological polar surface area (TPSA) is 96.7 Å². The lowest BCUT2D eigenvalue weighted by Crippen LogP contribution is -2.11. The number of aryl methyl sites for hydroxylation is 1. The lowest BCUT2D eigenvalue weighted by molar-refractivity contribution is 0.0624. The Kier molecular flexibility index (Phi) is 7.52. The van der Waals surface area contributed by atoms with E-state index in [4.69, 9.17) is 14.7 Å². The van der Waals surface area contributed by atoms with E-state index in [2.05, 4.69) is 22.1 Å². The van der Waals surface area contributed by atoms with Gasteiger partial charge in [-0.1, -0.05) is 25.1 Å². The normalized spacial score (nSPS) is 11.4.